The number of halogens is 1. The molecule has 1 N–H and O–H groups in total. The number of nitrogens with one attached hydrogen (secondary N) is 1. The summed E-state index contributed by atoms with van der Waals surface area (Å²) >= 11 is 0. The Bertz CT molecular complexity index is 762. The maximum absolute atomic E-state index is 14.4. The van der Waals surface area contributed by atoms with E-state index in [1.807, 2.05) is 37.1 Å². The first-order chi connectivity index (χ1) is 11.6. The SMILES string of the molecule is CC#CC1=C(CC)c2cccc(N[C@@H]3CCN(C)C[C@H]3F)c2S1=O. The van der Waals surface area contributed by atoms with Crippen LogP contribution in [0.25, 0.3) is 5.57 Å². The third-order valence-corrected chi connectivity index (χ3v) is 6.19. The van der Waals surface area contributed by atoms with Crippen LogP contribution in [0.1, 0.15) is 32.3 Å². The number of likely N-dealkylation sites (tertiary alicyclic amines) is 1. The molecule has 0 amide bonds. The van der Waals surface area contributed by atoms with Gasteiger partial charge in [-0.1, -0.05) is 25.0 Å². The number of fused-ring (bicyclic) bond motifs is 1. The van der Waals surface area contributed by atoms with Gasteiger partial charge in [0.2, 0.25) is 0 Å². The van der Waals surface area contributed by atoms with Gasteiger partial charge in [-0.2, -0.15) is 0 Å². The number of hydrogen-bond donors (Lipinski definition) is 1. The molecule has 1 saturated heterocycles. The number of benzene rings is 1. The van der Waals surface area contributed by atoms with E-state index in [2.05, 4.69) is 17.2 Å². The van der Waals surface area contributed by atoms with Crippen molar-refractivity contribution in [1.29, 1.82) is 0 Å². The van der Waals surface area contributed by atoms with Gasteiger partial charge in [-0.25, -0.2) is 8.60 Å². The van der Waals surface area contributed by atoms with Gasteiger partial charge in [0, 0.05) is 13.1 Å². The minimum atomic E-state index is -1.29. The number of piperidine rings is 1. The van der Waals surface area contributed by atoms with Gasteiger partial charge < -0.3 is 10.2 Å². The summed E-state index contributed by atoms with van der Waals surface area (Å²) < 4.78 is 27.3. The Hall–Kier alpha value is -1.64. The molecule has 0 bridgehead atoms. The lowest BCUT2D eigenvalue weighted by molar-refractivity contribution is 0.149. The van der Waals surface area contributed by atoms with E-state index in [1.165, 1.54) is 0 Å². The van der Waals surface area contributed by atoms with Crippen molar-refractivity contribution in [3.05, 3.63) is 28.7 Å². The maximum Gasteiger partial charge on any atom is 0.133 e. The Labute approximate surface area is 145 Å². The number of hydrogen-bond acceptors (Lipinski definition) is 3. The van der Waals surface area contributed by atoms with Crippen LogP contribution in [0.15, 0.2) is 28.0 Å². The largest absolute Gasteiger partial charge is 0.378 e. The van der Waals surface area contributed by atoms with Gasteiger partial charge in [0.25, 0.3) is 0 Å². The third kappa shape index (κ3) is 3.01. The number of nitrogens with zero attached hydrogens (tertiary/aromatic N) is 1. The smallest absolute Gasteiger partial charge is 0.133 e. The third-order valence-electron chi connectivity index (χ3n) is 4.66. The molecule has 128 valence electrons. The summed E-state index contributed by atoms with van der Waals surface area (Å²) in [7, 11) is 0.647. The standard InChI is InChI=1S/C19H23FN2OS/c1-4-7-18-13(5-2)14-8-6-9-17(19(14)24(18)23)21-16-10-11-22(3)12-15(16)20/h6,8-9,15-16,21H,5,10-12H2,1-3H3/t15-,16-,24?/m1/s1. The van der Waals surface area contributed by atoms with Crippen LogP contribution >= 0.6 is 0 Å². The molecule has 0 saturated carbocycles. The van der Waals surface area contributed by atoms with Crippen LogP contribution in [-0.4, -0.2) is 41.5 Å². The molecular formula is C19H23FN2OS. The van der Waals surface area contributed by atoms with E-state index in [0.717, 1.165) is 41.1 Å². The summed E-state index contributed by atoms with van der Waals surface area (Å²) in [5.41, 5.74) is 2.81. The first kappa shape index (κ1) is 17.2. The first-order valence-corrected chi connectivity index (χ1v) is 9.52. The summed E-state index contributed by atoms with van der Waals surface area (Å²) in [4.78, 5) is 3.46. The molecule has 0 radical (unpaired) electrons. The molecule has 2 aliphatic heterocycles. The zero-order valence-electron chi connectivity index (χ0n) is 14.4. The fourth-order valence-electron chi connectivity index (χ4n) is 3.43. The highest BCUT2D eigenvalue weighted by molar-refractivity contribution is 7.90. The second-order valence-electron chi connectivity index (χ2n) is 6.30. The summed E-state index contributed by atoms with van der Waals surface area (Å²) in [6.07, 6.45) is 0.596. The predicted octanol–water partition coefficient (Wildman–Crippen LogP) is 3.41. The number of alkyl halides is 1. The summed E-state index contributed by atoms with van der Waals surface area (Å²) in [6.45, 7) is 5.10. The van der Waals surface area contributed by atoms with Crippen molar-refractivity contribution in [3.63, 3.8) is 0 Å². The number of rotatable bonds is 3. The van der Waals surface area contributed by atoms with Gasteiger partial charge in [-0.05, 0) is 44.0 Å². The van der Waals surface area contributed by atoms with Crippen LogP contribution in [0.5, 0.6) is 0 Å². The van der Waals surface area contributed by atoms with Gasteiger partial charge in [-0.15, -0.1) is 5.92 Å². The molecule has 1 unspecified atom stereocenters. The molecule has 24 heavy (non-hydrogen) atoms. The molecule has 3 atom stereocenters. The molecule has 2 aliphatic rings. The van der Waals surface area contributed by atoms with E-state index in [-0.39, 0.29) is 6.04 Å². The van der Waals surface area contributed by atoms with Crippen molar-refractivity contribution in [2.24, 2.45) is 0 Å². The lowest BCUT2D eigenvalue weighted by atomic mass is 10.0. The van der Waals surface area contributed by atoms with Gasteiger partial charge in [0.05, 0.1) is 32.3 Å². The van der Waals surface area contributed by atoms with Crippen molar-refractivity contribution in [2.45, 2.75) is 43.8 Å². The molecule has 3 nitrogen and oxygen atoms in total. The average molecular weight is 346 g/mol. The van der Waals surface area contributed by atoms with E-state index in [9.17, 15) is 8.60 Å². The molecule has 2 heterocycles. The van der Waals surface area contributed by atoms with E-state index in [1.54, 1.807) is 6.92 Å². The number of allylic oxidation sites excluding steroid dienone is 2. The molecule has 1 aromatic rings. The Kier molecular flexibility index (Phi) is 5.07. The molecule has 1 aromatic carbocycles. The summed E-state index contributed by atoms with van der Waals surface area (Å²) in [5.74, 6) is 5.87. The zero-order chi connectivity index (χ0) is 17.3. The molecule has 1 fully saturated rings. The van der Waals surface area contributed by atoms with E-state index < -0.39 is 17.0 Å². The molecular weight excluding hydrogens is 323 g/mol. The molecule has 5 heteroatoms. The highest BCUT2D eigenvalue weighted by atomic mass is 32.2. The van der Waals surface area contributed by atoms with E-state index in [0.29, 0.717) is 11.4 Å². The molecule has 3 rings (SSSR count). The lowest BCUT2D eigenvalue weighted by Crippen LogP contribution is -2.46. The maximum atomic E-state index is 14.4. The van der Waals surface area contributed by atoms with Crippen molar-refractivity contribution >= 4 is 22.1 Å². The van der Waals surface area contributed by atoms with Crippen LogP contribution in [0.2, 0.25) is 0 Å². The average Bonchev–Trinajstić information content (AvgIpc) is 2.83. The Morgan fingerprint density at radius 1 is 1.46 bits per heavy atom. The van der Waals surface area contributed by atoms with Crippen molar-refractivity contribution < 1.29 is 8.60 Å². The van der Waals surface area contributed by atoms with Crippen molar-refractivity contribution in [3.8, 4) is 11.8 Å². The van der Waals surface area contributed by atoms with Gasteiger partial charge in [0.15, 0.2) is 0 Å². The van der Waals surface area contributed by atoms with Crippen LogP contribution in [0, 0.1) is 11.8 Å². The van der Waals surface area contributed by atoms with Crippen LogP contribution in [0.4, 0.5) is 10.1 Å². The van der Waals surface area contributed by atoms with Gasteiger partial charge in [0.1, 0.15) is 6.17 Å². The van der Waals surface area contributed by atoms with Gasteiger partial charge in [-0.3, -0.25) is 0 Å². The van der Waals surface area contributed by atoms with Crippen LogP contribution < -0.4 is 5.32 Å². The van der Waals surface area contributed by atoms with E-state index >= 15 is 0 Å². The fraction of sp³-hybridized carbons (Fsp3) is 0.474. The second kappa shape index (κ2) is 7.08. The highest BCUT2D eigenvalue weighted by Gasteiger charge is 2.32. The predicted molar refractivity (Wildman–Crippen MR) is 97.9 cm³/mol. The monoisotopic (exact) mass is 346 g/mol. The Morgan fingerprint density at radius 2 is 2.25 bits per heavy atom. The first-order valence-electron chi connectivity index (χ1n) is 8.37. The normalized spacial score (nSPS) is 26.8. The second-order valence-corrected chi connectivity index (χ2v) is 7.66. The molecule has 0 aliphatic carbocycles. The molecule has 0 aromatic heterocycles. The summed E-state index contributed by atoms with van der Waals surface area (Å²) in [5, 5.41) is 3.32. The minimum Gasteiger partial charge on any atom is -0.378 e. The number of anilines is 1. The Morgan fingerprint density at radius 3 is 2.92 bits per heavy atom. The minimum absolute atomic E-state index is 0.240. The van der Waals surface area contributed by atoms with Crippen LogP contribution in [0.3, 0.4) is 0 Å². The zero-order valence-corrected chi connectivity index (χ0v) is 15.2. The van der Waals surface area contributed by atoms with Crippen molar-refractivity contribution in [2.75, 3.05) is 25.5 Å². The fourth-order valence-corrected chi connectivity index (χ4v) is 5.02. The highest BCUT2D eigenvalue weighted by Crippen LogP contribution is 2.42. The Balaban J connectivity index is 1.94. The van der Waals surface area contributed by atoms with Crippen molar-refractivity contribution in [1.82, 2.24) is 4.90 Å². The van der Waals surface area contributed by atoms with E-state index in [4.69, 9.17) is 0 Å². The molecule has 0 spiro atoms. The quantitative estimate of drug-likeness (QED) is 0.852. The van der Waals surface area contributed by atoms with Gasteiger partial charge >= 0.3 is 0 Å². The van der Waals surface area contributed by atoms with Crippen LogP contribution in [-0.2, 0) is 10.8 Å². The topological polar surface area (TPSA) is 32.3 Å². The summed E-state index contributed by atoms with van der Waals surface area (Å²) in [6, 6.07) is 5.59. The lowest BCUT2D eigenvalue weighted by Gasteiger charge is -2.33.